The van der Waals surface area contributed by atoms with E-state index in [1.807, 2.05) is 35.9 Å². The minimum Gasteiger partial charge on any atom is -0.379 e. The zero-order chi connectivity index (χ0) is 10.3. The number of fused-ring (bicyclic) bond motifs is 1. The van der Waals surface area contributed by atoms with E-state index < -0.39 is 0 Å². The van der Waals surface area contributed by atoms with E-state index in [1.165, 1.54) is 0 Å². The van der Waals surface area contributed by atoms with E-state index in [1.54, 1.807) is 6.92 Å². The summed E-state index contributed by atoms with van der Waals surface area (Å²) in [5.41, 5.74) is 2.59. The number of carbonyl (C=O) groups is 1. The summed E-state index contributed by atoms with van der Waals surface area (Å²) in [4.78, 5) is 11.4. The zero-order valence-electron chi connectivity index (χ0n) is 8.95. The van der Waals surface area contributed by atoms with Gasteiger partial charge in [-0.15, -0.1) is 11.3 Å². The van der Waals surface area contributed by atoms with Gasteiger partial charge in [0, 0.05) is 45.3 Å². The smallest absolute Gasteiger partial charge is 0.0824 e. The molecule has 2 aromatic rings. The number of rotatable bonds is 1. The van der Waals surface area contributed by atoms with Crippen molar-refractivity contribution in [1.29, 1.82) is 0 Å². The summed E-state index contributed by atoms with van der Waals surface area (Å²) >= 11 is 0. The first-order valence-electron chi connectivity index (χ1n) is 4.53. The third-order valence-corrected chi connectivity index (χ3v) is 2.58. The predicted octanol–water partition coefficient (Wildman–Crippen LogP) is 2.56. The monoisotopic (exact) mass is 275 g/mol. The van der Waals surface area contributed by atoms with Crippen molar-refractivity contribution in [2.45, 2.75) is 6.92 Å². The number of benzene rings is 1. The molecule has 0 bridgehead atoms. The molecule has 0 aliphatic heterocycles. The molecule has 0 saturated heterocycles. The summed E-state index contributed by atoms with van der Waals surface area (Å²) in [6.07, 6.45) is 0. The summed E-state index contributed by atoms with van der Waals surface area (Å²) in [6.45, 7) is 5.50. The predicted molar refractivity (Wildman–Crippen MR) is 57.4 cm³/mol. The van der Waals surface area contributed by atoms with E-state index >= 15 is 0 Å². The second-order valence-electron chi connectivity index (χ2n) is 3.45. The summed E-state index contributed by atoms with van der Waals surface area (Å²) in [5.74, 6) is 0.0757. The number of aryl methyl sites for hydroxylation is 1. The van der Waals surface area contributed by atoms with Crippen molar-refractivity contribution in [2.75, 3.05) is 0 Å². The Hall–Kier alpha value is -0.596. The summed E-state index contributed by atoms with van der Waals surface area (Å²) < 4.78 is 1.95. The van der Waals surface area contributed by atoms with Crippen LogP contribution in [0, 0.1) is 6.92 Å². The number of carbonyl (C=O) groups excluding carboxylic acids is 1. The first-order valence-corrected chi connectivity index (χ1v) is 4.53. The summed E-state index contributed by atoms with van der Waals surface area (Å²) in [7, 11) is 1.93. The van der Waals surface area contributed by atoms with Crippen molar-refractivity contribution in [2.24, 2.45) is 7.05 Å². The molecular weight excluding hydrogens is 263 g/mol. The van der Waals surface area contributed by atoms with Crippen molar-refractivity contribution >= 4 is 16.7 Å². The average Bonchev–Trinajstić information content (AvgIpc) is 2.41. The molecule has 0 fully saturated rings. The number of ketones is 1. The molecule has 3 heteroatoms. The van der Waals surface area contributed by atoms with Crippen LogP contribution in [0.25, 0.3) is 10.9 Å². The summed E-state index contributed by atoms with van der Waals surface area (Å²) in [6, 6.07) is 7.86. The van der Waals surface area contributed by atoms with E-state index in [9.17, 15) is 4.79 Å². The van der Waals surface area contributed by atoms with Crippen molar-refractivity contribution in [3.05, 3.63) is 42.4 Å². The van der Waals surface area contributed by atoms with Crippen LogP contribution in [0.4, 0.5) is 0 Å². The van der Waals surface area contributed by atoms with Crippen molar-refractivity contribution < 1.29 is 37.5 Å². The van der Waals surface area contributed by atoms with E-state index in [2.05, 4.69) is 6.92 Å². The Balaban J connectivity index is 0.00000112. The molecule has 2 nitrogen and oxygen atoms in total. The van der Waals surface area contributed by atoms with Crippen LogP contribution in [0.3, 0.4) is 0 Å². The van der Waals surface area contributed by atoms with Crippen LogP contribution in [0.2, 0.25) is 0 Å². The Morgan fingerprint density at radius 2 is 1.93 bits per heavy atom. The van der Waals surface area contributed by atoms with E-state index in [0.29, 0.717) is 0 Å². The van der Waals surface area contributed by atoms with E-state index in [0.717, 1.165) is 22.2 Å². The molecule has 0 unspecified atom stereocenters. The number of aromatic nitrogens is 1. The van der Waals surface area contributed by atoms with Gasteiger partial charge in [-0.25, -0.2) is 6.92 Å². The first-order chi connectivity index (χ1) is 6.63. The largest absolute Gasteiger partial charge is 0.379 e. The second kappa shape index (κ2) is 4.50. The van der Waals surface area contributed by atoms with Gasteiger partial charge in [-0.1, -0.05) is 23.6 Å². The molecule has 0 spiro atoms. The van der Waals surface area contributed by atoms with Gasteiger partial charge in [0.05, 0.1) is 5.78 Å². The Kier molecular flexibility index (Phi) is 3.74. The van der Waals surface area contributed by atoms with Gasteiger partial charge in [-0.2, -0.15) is 0 Å². The molecule has 0 amide bonds. The van der Waals surface area contributed by atoms with Gasteiger partial charge in [-0.05, 0) is 13.0 Å². The van der Waals surface area contributed by atoms with Crippen LogP contribution in [-0.2, 0) is 39.8 Å². The molecular formula is C12H12NOY-. The van der Waals surface area contributed by atoms with Crippen molar-refractivity contribution in [1.82, 2.24) is 4.57 Å². The Labute approximate surface area is 115 Å². The van der Waals surface area contributed by atoms with Gasteiger partial charge < -0.3 is 9.36 Å². The maximum absolute atomic E-state index is 11.4. The number of hydrogen-bond acceptors (Lipinski definition) is 1. The van der Waals surface area contributed by atoms with Gasteiger partial charge >= 0.3 is 0 Å². The van der Waals surface area contributed by atoms with Crippen LogP contribution in [0.15, 0.2) is 24.3 Å². The first kappa shape index (κ1) is 12.5. The van der Waals surface area contributed by atoms with E-state index in [4.69, 9.17) is 0 Å². The number of para-hydroxylation sites is 1. The Morgan fingerprint density at radius 1 is 1.33 bits per heavy atom. The Bertz CT molecular complexity index is 514. The van der Waals surface area contributed by atoms with E-state index in [-0.39, 0.29) is 38.5 Å². The topological polar surface area (TPSA) is 22.0 Å². The fraction of sp³-hybridized carbons (Fsp3) is 0.167. The van der Waals surface area contributed by atoms with Crippen LogP contribution in [0.5, 0.6) is 0 Å². The molecule has 75 valence electrons. The maximum atomic E-state index is 11.4. The molecule has 2 rings (SSSR count). The molecule has 15 heavy (non-hydrogen) atoms. The molecule has 0 aliphatic rings. The number of nitrogens with zero attached hydrogens (tertiary/aromatic N) is 1. The van der Waals surface area contributed by atoms with Crippen LogP contribution >= 0.6 is 0 Å². The standard InChI is InChI=1S/C12H12NO.Y/c1-8-12(9(2)14)10-6-4-5-7-11(10)13(8)3;/h4-7H,1H2,2-3H3;/q-1;. The van der Waals surface area contributed by atoms with Crippen LogP contribution in [0.1, 0.15) is 23.0 Å². The van der Waals surface area contributed by atoms with Gasteiger partial charge in [0.1, 0.15) is 0 Å². The third-order valence-electron chi connectivity index (χ3n) is 2.58. The van der Waals surface area contributed by atoms with Gasteiger partial charge in [-0.3, -0.25) is 0 Å². The van der Waals surface area contributed by atoms with Crippen molar-refractivity contribution in [3.63, 3.8) is 0 Å². The van der Waals surface area contributed by atoms with Gasteiger partial charge in [0.25, 0.3) is 0 Å². The van der Waals surface area contributed by atoms with Crippen LogP contribution in [-0.4, -0.2) is 10.4 Å². The summed E-state index contributed by atoms with van der Waals surface area (Å²) in [5, 5.41) is 0.993. The zero-order valence-corrected chi connectivity index (χ0v) is 11.8. The number of Topliss-reactive ketones (excluding diaryl/α,β-unsaturated/α-hetero) is 1. The third kappa shape index (κ3) is 1.89. The SMILES string of the molecule is [CH2-]c1c(C(C)=O)c2ccccc2n1C.[Y]. The molecule has 0 saturated carbocycles. The van der Waals surface area contributed by atoms with Gasteiger partial charge in [0.15, 0.2) is 0 Å². The fourth-order valence-electron chi connectivity index (χ4n) is 1.84. The molecule has 0 aliphatic carbocycles. The molecule has 0 N–H and O–H groups in total. The number of hydrogen-bond donors (Lipinski definition) is 0. The quantitative estimate of drug-likeness (QED) is 0.579. The maximum Gasteiger partial charge on any atom is 0.0824 e. The molecule has 1 aromatic heterocycles. The minimum atomic E-state index is 0. The molecule has 1 radical (unpaired) electrons. The average molecular weight is 275 g/mol. The Morgan fingerprint density at radius 3 is 2.53 bits per heavy atom. The molecule has 1 heterocycles. The fourth-order valence-corrected chi connectivity index (χ4v) is 1.84. The molecule has 1 aromatic carbocycles. The van der Waals surface area contributed by atoms with Gasteiger partial charge in [0.2, 0.25) is 0 Å². The normalized spacial score (nSPS) is 10.0. The van der Waals surface area contributed by atoms with Crippen LogP contribution < -0.4 is 0 Å². The minimum absolute atomic E-state index is 0. The molecule has 0 atom stereocenters. The van der Waals surface area contributed by atoms with Crippen molar-refractivity contribution in [3.8, 4) is 0 Å². The second-order valence-corrected chi connectivity index (χ2v) is 3.45.